The number of fused-ring (bicyclic) bond motifs is 1. The van der Waals surface area contributed by atoms with E-state index in [1.165, 1.54) is 6.07 Å². The van der Waals surface area contributed by atoms with Gasteiger partial charge < -0.3 is 14.6 Å². The molecule has 98 valence electrons. The second-order valence-corrected chi connectivity index (χ2v) is 4.36. The highest BCUT2D eigenvalue weighted by Crippen LogP contribution is 2.20. The van der Waals surface area contributed by atoms with Crippen LogP contribution in [0, 0.1) is 11.6 Å². The van der Waals surface area contributed by atoms with Gasteiger partial charge >= 0.3 is 0 Å². The van der Waals surface area contributed by atoms with Crippen LogP contribution in [0.4, 0.5) is 8.78 Å². The Kier molecular flexibility index (Phi) is 3.93. The first-order valence-corrected chi connectivity index (χ1v) is 5.85. The second kappa shape index (κ2) is 5.46. The Morgan fingerprint density at radius 3 is 2.78 bits per heavy atom. The molecule has 0 saturated heterocycles. The van der Waals surface area contributed by atoms with Crippen LogP contribution in [0.25, 0.3) is 10.9 Å². The summed E-state index contributed by atoms with van der Waals surface area (Å²) in [6, 6.07) is 3.93. The van der Waals surface area contributed by atoms with Crippen LogP contribution in [0.15, 0.2) is 24.4 Å². The van der Waals surface area contributed by atoms with E-state index in [0.717, 1.165) is 6.07 Å². The van der Waals surface area contributed by atoms with Crippen LogP contribution in [0.1, 0.15) is 0 Å². The standard InChI is InChI=1S/C13H16F2N2O/c1-16(6-7-18)4-5-17-3-2-10-8-11(14)9-12(15)13(10)17/h2-3,8-9,18H,4-7H2,1H3. The minimum atomic E-state index is -0.560. The maximum absolute atomic E-state index is 13.7. The highest BCUT2D eigenvalue weighted by Gasteiger charge is 2.09. The van der Waals surface area contributed by atoms with Crippen molar-refractivity contribution < 1.29 is 13.9 Å². The van der Waals surface area contributed by atoms with Gasteiger partial charge in [0.2, 0.25) is 0 Å². The summed E-state index contributed by atoms with van der Waals surface area (Å²) in [7, 11) is 1.89. The topological polar surface area (TPSA) is 28.4 Å². The van der Waals surface area contributed by atoms with Crippen LogP contribution in [0.2, 0.25) is 0 Å². The number of hydrogen-bond acceptors (Lipinski definition) is 2. The zero-order valence-electron chi connectivity index (χ0n) is 10.2. The van der Waals surface area contributed by atoms with E-state index >= 15 is 0 Å². The Balaban J connectivity index is 2.19. The Morgan fingerprint density at radius 1 is 1.28 bits per heavy atom. The van der Waals surface area contributed by atoms with Crippen LogP contribution in [-0.4, -0.2) is 41.3 Å². The molecule has 0 atom stereocenters. The number of nitrogens with zero attached hydrogens (tertiary/aromatic N) is 2. The van der Waals surface area contributed by atoms with E-state index in [1.54, 1.807) is 16.8 Å². The van der Waals surface area contributed by atoms with Crippen LogP contribution >= 0.6 is 0 Å². The van der Waals surface area contributed by atoms with Crippen molar-refractivity contribution in [1.29, 1.82) is 0 Å². The first kappa shape index (κ1) is 13.0. The number of hydrogen-bond donors (Lipinski definition) is 1. The fraction of sp³-hybridized carbons (Fsp3) is 0.385. The van der Waals surface area contributed by atoms with Crippen molar-refractivity contribution in [2.75, 3.05) is 26.7 Å². The van der Waals surface area contributed by atoms with Gasteiger partial charge in [-0.2, -0.15) is 0 Å². The predicted molar refractivity (Wildman–Crippen MR) is 66.4 cm³/mol. The Morgan fingerprint density at radius 2 is 2.06 bits per heavy atom. The molecule has 1 N–H and O–H groups in total. The molecule has 0 unspecified atom stereocenters. The number of rotatable bonds is 5. The Bertz CT molecular complexity index is 539. The van der Waals surface area contributed by atoms with Gasteiger partial charge in [-0.3, -0.25) is 0 Å². The molecule has 0 radical (unpaired) electrons. The molecule has 2 rings (SSSR count). The molecule has 0 aliphatic heterocycles. The Labute approximate surface area is 104 Å². The van der Waals surface area contributed by atoms with Crippen LogP contribution in [0.3, 0.4) is 0 Å². The summed E-state index contributed by atoms with van der Waals surface area (Å²) in [6.45, 7) is 1.97. The third-order valence-electron chi connectivity index (χ3n) is 2.98. The smallest absolute Gasteiger partial charge is 0.150 e. The molecule has 0 fully saturated rings. The number of aromatic nitrogens is 1. The van der Waals surface area contributed by atoms with E-state index in [1.807, 2.05) is 11.9 Å². The fourth-order valence-corrected chi connectivity index (χ4v) is 2.01. The van der Waals surface area contributed by atoms with Gasteiger partial charge in [-0.15, -0.1) is 0 Å². The number of halogens is 2. The third-order valence-corrected chi connectivity index (χ3v) is 2.98. The van der Waals surface area contributed by atoms with Gasteiger partial charge in [0.1, 0.15) is 11.6 Å². The van der Waals surface area contributed by atoms with Gasteiger partial charge in [0.05, 0.1) is 12.1 Å². The summed E-state index contributed by atoms with van der Waals surface area (Å²) in [5.74, 6) is -1.10. The van der Waals surface area contributed by atoms with Gasteiger partial charge in [-0.1, -0.05) is 0 Å². The van der Waals surface area contributed by atoms with Crippen molar-refractivity contribution >= 4 is 10.9 Å². The van der Waals surface area contributed by atoms with Crippen LogP contribution in [0.5, 0.6) is 0 Å². The summed E-state index contributed by atoms with van der Waals surface area (Å²) in [4.78, 5) is 1.95. The van der Waals surface area contributed by atoms with Crippen molar-refractivity contribution in [2.45, 2.75) is 6.54 Å². The molecule has 0 saturated carbocycles. The first-order chi connectivity index (χ1) is 8.61. The average Bonchev–Trinajstić information content (AvgIpc) is 2.70. The molecule has 1 heterocycles. The highest BCUT2D eigenvalue weighted by atomic mass is 19.1. The van der Waals surface area contributed by atoms with E-state index in [-0.39, 0.29) is 6.61 Å². The first-order valence-electron chi connectivity index (χ1n) is 5.85. The molecule has 0 amide bonds. The largest absolute Gasteiger partial charge is 0.395 e. The lowest BCUT2D eigenvalue weighted by atomic mass is 10.2. The molecule has 0 aliphatic rings. The molecule has 2 aromatic rings. The highest BCUT2D eigenvalue weighted by molar-refractivity contribution is 5.80. The number of aliphatic hydroxyl groups is 1. The zero-order valence-corrected chi connectivity index (χ0v) is 10.2. The van der Waals surface area contributed by atoms with Crippen LogP contribution < -0.4 is 0 Å². The summed E-state index contributed by atoms with van der Waals surface area (Å²) in [6.07, 6.45) is 1.75. The number of benzene rings is 1. The van der Waals surface area contributed by atoms with E-state index in [9.17, 15) is 8.78 Å². The molecule has 1 aromatic carbocycles. The van der Waals surface area contributed by atoms with E-state index in [0.29, 0.717) is 30.5 Å². The SMILES string of the molecule is CN(CCO)CCn1ccc2cc(F)cc(F)c21. The molecule has 0 aliphatic carbocycles. The molecule has 5 heteroatoms. The number of aliphatic hydroxyl groups excluding tert-OH is 1. The number of likely N-dealkylation sites (N-methyl/N-ethyl adjacent to an activating group) is 1. The molecule has 3 nitrogen and oxygen atoms in total. The molecule has 1 aromatic heterocycles. The predicted octanol–water partition coefficient (Wildman–Crippen LogP) is 1.84. The summed E-state index contributed by atoms with van der Waals surface area (Å²) in [5, 5.41) is 9.36. The van der Waals surface area contributed by atoms with Gasteiger partial charge in [0.25, 0.3) is 0 Å². The van der Waals surface area contributed by atoms with Gasteiger partial charge in [0.15, 0.2) is 0 Å². The minimum Gasteiger partial charge on any atom is -0.395 e. The molecule has 18 heavy (non-hydrogen) atoms. The monoisotopic (exact) mass is 254 g/mol. The molecule has 0 bridgehead atoms. The minimum absolute atomic E-state index is 0.0997. The van der Waals surface area contributed by atoms with Crippen molar-refractivity contribution in [3.63, 3.8) is 0 Å². The van der Waals surface area contributed by atoms with Crippen molar-refractivity contribution in [3.05, 3.63) is 36.0 Å². The third kappa shape index (κ3) is 2.68. The van der Waals surface area contributed by atoms with Crippen molar-refractivity contribution in [3.8, 4) is 0 Å². The maximum Gasteiger partial charge on any atom is 0.150 e. The lowest BCUT2D eigenvalue weighted by Gasteiger charge is -2.15. The molecular weight excluding hydrogens is 238 g/mol. The lowest BCUT2D eigenvalue weighted by Crippen LogP contribution is -2.26. The fourth-order valence-electron chi connectivity index (χ4n) is 2.01. The van der Waals surface area contributed by atoms with E-state index in [2.05, 4.69) is 0 Å². The van der Waals surface area contributed by atoms with Crippen LogP contribution in [-0.2, 0) is 6.54 Å². The lowest BCUT2D eigenvalue weighted by molar-refractivity contribution is 0.217. The van der Waals surface area contributed by atoms with Crippen molar-refractivity contribution in [2.24, 2.45) is 0 Å². The van der Waals surface area contributed by atoms with Gasteiger partial charge in [-0.25, -0.2) is 8.78 Å². The molecule has 0 spiro atoms. The van der Waals surface area contributed by atoms with Gasteiger partial charge in [0, 0.05) is 37.3 Å². The second-order valence-electron chi connectivity index (χ2n) is 4.36. The van der Waals surface area contributed by atoms with E-state index in [4.69, 9.17) is 5.11 Å². The quantitative estimate of drug-likeness (QED) is 0.882. The summed E-state index contributed by atoms with van der Waals surface area (Å²) < 4.78 is 28.5. The van der Waals surface area contributed by atoms with E-state index < -0.39 is 11.6 Å². The molecular formula is C13H16F2N2O. The van der Waals surface area contributed by atoms with Gasteiger partial charge in [-0.05, 0) is 19.2 Å². The van der Waals surface area contributed by atoms with Crippen molar-refractivity contribution in [1.82, 2.24) is 9.47 Å². The normalized spacial score (nSPS) is 11.6. The summed E-state index contributed by atoms with van der Waals surface area (Å²) in [5.41, 5.74) is 0.425. The Hall–Kier alpha value is -1.46. The zero-order chi connectivity index (χ0) is 13.1. The summed E-state index contributed by atoms with van der Waals surface area (Å²) >= 11 is 0. The average molecular weight is 254 g/mol. The maximum atomic E-state index is 13.7.